The molecule has 5 heterocycles. The van der Waals surface area contributed by atoms with Crippen molar-refractivity contribution < 1.29 is 66.5 Å². The van der Waals surface area contributed by atoms with Crippen molar-refractivity contribution in [3.8, 4) is 0 Å². The Morgan fingerprint density at radius 2 is 0.993 bits per heavy atom. The van der Waals surface area contributed by atoms with E-state index in [4.69, 9.17) is 39.2 Å². The maximum Gasteiger partial charge on any atom is 0.243 e. The molecule has 141 heavy (non-hydrogen) atoms. The van der Waals surface area contributed by atoms with Crippen LogP contribution in [0.2, 0.25) is 0 Å². The highest BCUT2D eigenvalue weighted by molar-refractivity contribution is 6.08. The SMILES string of the molecule is CC[C@H](C)[C@H](NC(=O)CCC(=O)N[C@@H](CCCCNC(=O)[C@@H](CCCNC(=N)N)NC(=O)CCCCCCCC(=O)N1CCN(c2ncnc3[nH]ccc23)CC1)C(=O)N[C@H](CCCNC(=N)N)C(=O)N[C@H](CCCNC(=N)N)C(=O)N[C@H](CCCCNC(=O)CCCCC[N+]1=C(/C=C/C=C/C=C2\N(C)c3ccc4ccccc4c3C2(C)C)C(C)(C)c2c1ccc1ccccc21)C(N)=O)C(=O)NCC(=O)CF. The standard InChI is InChI=1S/C102H147FN26O12/c1-8-66(2)89(97(141)117-64-69(130)63-103)125-85(134)50-49-84(133)121-75(36-24-26-53-113-93(137)74(37-28-54-114-98(105)106)120-83(132)43-16-10-9-11-18-44-86(135)127-59-61-128(62-60-127)92-72-51-57-112-91(72)118-65-119-92)94(138)123-77(39-30-56-116-100(109)110)96(140)124-76(38-29-55-115-99(107)108)95(139)122-73(90(104)136)35-23-25-52-111-82(131)42-17-13-27-58-129-79-48-46-68-32-20-22-34-71(68)88(79)102(5,6)81(129)41-15-12-14-40-80-101(3,4)87-70-33-21-19-31-67(70)45-47-78(87)126(80)7/h12,14-15,19-22,31-34,40-41,45-48,51,57,65-66,73-77,89H,8-11,13,16-18,23-30,35-39,42-44,49-50,52-56,58-64H2,1-7H3,(H23-,104,105,106,107,108,109,110,111,112,113,114,115,116,117,118,119,120,121,122,123,124,125,131,132,133,134,136,137,138,139,140,141)/p+1/t66-,73+,74+,75-,76+,77+,89-/m0/s1. The number of nitrogens with two attached hydrogens (primary N) is 4. The highest BCUT2D eigenvalue weighted by Crippen LogP contribution is 2.50. The summed E-state index contributed by atoms with van der Waals surface area (Å²) in [6.07, 6.45) is 21.6. The number of nitrogens with zero attached hydrogens (tertiary/aromatic N) is 6. The van der Waals surface area contributed by atoms with Crippen LogP contribution in [0.5, 0.6) is 0 Å². The Balaban J connectivity index is 0.782. The number of carbonyl (C=O) groups excluding carboxylic acids is 12. The molecule has 0 bridgehead atoms. The van der Waals surface area contributed by atoms with E-state index in [1.54, 1.807) is 13.8 Å². The Kier molecular flexibility index (Phi) is 43.8. The third kappa shape index (κ3) is 33.4. The van der Waals surface area contributed by atoms with E-state index in [1.807, 2.05) is 17.2 Å². The van der Waals surface area contributed by atoms with E-state index in [0.29, 0.717) is 84.0 Å². The second-order valence-corrected chi connectivity index (χ2v) is 37.6. The number of Topliss-reactive ketones (excluding diaryl/α,β-unsaturated/α-hetero) is 1. The predicted octanol–water partition coefficient (Wildman–Crippen LogP) is 6.94. The summed E-state index contributed by atoms with van der Waals surface area (Å²) in [5.41, 5.74) is 30.2. The Bertz CT molecular complexity index is 5490. The number of rotatable bonds is 60. The molecule has 0 spiro atoms. The summed E-state index contributed by atoms with van der Waals surface area (Å²) in [4.78, 5) is 182. The second kappa shape index (κ2) is 55.8. The number of guanidine groups is 3. The topological polar surface area (TPSA) is 579 Å². The minimum Gasteiger partial charge on any atom is -0.370 e. The summed E-state index contributed by atoms with van der Waals surface area (Å²) in [6.45, 7) is 14.5. The van der Waals surface area contributed by atoms with Crippen molar-refractivity contribution in [2.45, 2.75) is 256 Å². The van der Waals surface area contributed by atoms with Crippen LogP contribution >= 0.6 is 0 Å². The van der Waals surface area contributed by atoms with E-state index in [1.165, 1.54) is 56.1 Å². The summed E-state index contributed by atoms with van der Waals surface area (Å²) in [5.74, 6) is -8.27. The molecule has 1 fully saturated rings. The lowest BCUT2D eigenvalue weighted by molar-refractivity contribution is -0.438. The first kappa shape index (κ1) is 111. The van der Waals surface area contributed by atoms with Crippen molar-refractivity contribution in [1.29, 1.82) is 16.2 Å². The molecule has 24 N–H and O–H groups in total. The van der Waals surface area contributed by atoms with Crippen LogP contribution < -0.4 is 96.5 Å². The van der Waals surface area contributed by atoms with Crippen LogP contribution in [0.25, 0.3) is 32.6 Å². The predicted molar refractivity (Wildman–Crippen MR) is 547 cm³/mol. The zero-order valence-corrected chi connectivity index (χ0v) is 82.7. The van der Waals surface area contributed by atoms with Gasteiger partial charge in [0.2, 0.25) is 70.7 Å². The van der Waals surface area contributed by atoms with Crippen molar-refractivity contribution in [2.75, 3.05) is 95.5 Å². The Labute approximate surface area is 824 Å². The molecule has 39 heteroatoms. The van der Waals surface area contributed by atoms with Crippen LogP contribution in [0, 0.1) is 22.1 Å². The number of ketones is 1. The maximum absolute atomic E-state index is 14.9. The molecule has 11 amide bonds. The van der Waals surface area contributed by atoms with E-state index in [9.17, 15) is 61.9 Å². The molecular weight excluding hydrogens is 1800 g/mol. The number of fused-ring (bicyclic) bond motifs is 7. The molecule has 0 aliphatic carbocycles. The second-order valence-electron chi connectivity index (χ2n) is 37.6. The number of unbranched alkanes of at least 4 members (excludes halogenated alkanes) is 8. The van der Waals surface area contributed by atoms with Crippen LogP contribution in [-0.2, 0) is 68.4 Å². The highest BCUT2D eigenvalue weighted by atomic mass is 19.1. The molecule has 2 aromatic heterocycles. The van der Waals surface area contributed by atoms with Crippen molar-refractivity contribution in [3.05, 3.63) is 139 Å². The van der Waals surface area contributed by atoms with E-state index in [0.717, 1.165) is 54.8 Å². The molecule has 0 saturated carbocycles. The van der Waals surface area contributed by atoms with E-state index in [-0.39, 0.29) is 150 Å². The molecule has 3 aliphatic heterocycles. The number of hydrogen-bond donors (Lipinski definition) is 20. The van der Waals surface area contributed by atoms with Crippen molar-refractivity contribution in [3.63, 3.8) is 0 Å². The molecule has 4 aromatic carbocycles. The molecule has 0 radical (unpaired) electrons. The van der Waals surface area contributed by atoms with Gasteiger partial charge in [0.05, 0.1) is 17.3 Å². The zero-order chi connectivity index (χ0) is 102. The van der Waals surface area contributed by atoms with Gasteiger partial charge in [-0.1, -0.05) is 126 Å². The van der Waals surface area contributed by atoms with Crippen LogP contribution in [0.3, 0.4) is 0 Å². The first-order chi connectivity index (χ1) is 67.6. The summed E-state index contributed by atoms with van der Waals surface area (Å²) >= 11 is 0. The fourth-order valence-corrected chi connectivity index (χ4v) is 18.5. The van der Waals surface area contributed by atoms with Crippen molar-refractivity contribution in [2.24, 2.45) is 28.9 Å². The fraction of sp³-hybridized carbons (Fsp3) is 0.529. The number of halogens is 1. The Morgan fingerprint density at radius 3 is 1.58 bits per heavy atom. The number of nitrogens with one attached hydrogen (secondary N) is 16. The van der Waals surface area contributed by atoms with Crippen molar-refractivity contribution >= 4 is 144 Å². The molecule has 3 aliphatic rings. The number of primary amides is 1. The lowest BCUT2D eigenvalue weighted by atomic mass is 9.79. The van der Waals surface area contributed by atoms with Crippen LogP contribution in [-0.4, -0.2) is 241 Å². The molecular formula is C102H148FN26O12+. The van der Waals surface area contributed by atoms with Gasteiger partial charge in [-0.3, -0.25) is 73.8 Å². The van der Waals surface area contributed by atoms with Gasteiger partial charge in [-0.15, -0.1) is 0 Å². The first-order valence-electron chi connectivity index (χ1n) is 49.6. The fourth-order valence-electron chi connectivity index (χ4n) is 18.5. The summed E-state index contributed by atoms with van der Waals surface area (Å²) in [5, 5.41) is 61.4. The van der Waals surface area contributed by atoms with Gasteiger partial charge in [0.25, 0.3) is 0 Å². The molecule has 7 atom stereocenters. The first-order valence-corrected chi connectivity index (χ1v) is 49.6. The molecule has 1 saturated heterocycles. The van der Waals surface area contributed by atoms with Gasteiger partial charge >= 0.3 is 0 Å². The van der Waals surface area contributed by atoms with Gasteiger partial charge in [0, 0.05) is 145 Å². The minimum atomic E-state index is -1.47. The number of likely N-dealkylation sites (N-methyl/N-ethyl adjacent to an activating group) is 1. The summed E-state index contributed by atoms with van der Waals surface area (Å²) in [6, 6.07) is 20.0. The number of piperazine rings is 1. The van der Waals surface area contributed by atoms with Crippen LogP contribution in [0.15, 0.2) is 127 Å². The highest BCUT2D eigenvalue weighted by Gasteiger charge is 2.46. The maximum atomic E-state index is 14.9. The number of allylic oxidation sites excluding steroid dienone is 6. The third-order valence-corrected chi connectivity index (χ3v) is 26.4. The van der Waals surface area contributed by atoms with Gasteiger partial charge in [0.15, 0.2) is 29.4 Å². The third-order valence-electron chi connectivity index (χ3n) is 26.4. The Hall–Kier alpha value is -13.9. The average molecular weight is 1950 g/mol. The van der Waals surface area contributed by atoms with E-state index in [2.05, 4.69) is 231 Å². The molecule has 38 nitrogen and oxygen atoms in total. The number of H-pyrrole nitrogens is 1. The summed E-state index contributed by atoms with van der Waals surface area (Å²) in [7, 11) is 2.13. The van der Waals surface area contributed by atoms with Gasteiger partial charge in [-0.25, -0.2) is 14.4 Å². The number of benzene rings is 4. The van der Waals surface area contributed by atoms with Crippen LogP contribution in [0.4, 0.5) is 21.6 Å². The zero-order valence-electron chi connectivity index (χ0n) is 82.7. The van der Waals surface area contributed by atoms with E-state index >= 15 is 0 Å². The summed E-state index contributed by atoms with van der Waals surface area (Å²) < 4.78 is 15.5. The van der Waals surface area contributed by atoms with Gasteiger partial charge in [0.1, 0.15) is 67.3 Å². The number of alkyl halides is 1. The molecule has 9 rings (SSSR count). The number of aromatic amines is 1. The monoisotopic (exact) mass is 1950 g/mol. The van der Waals surface area contributed by atoms with E-state index < -0.39 is 121 Å². The minimum absolute atomic E-state index is 0.0145. The quantitative estimate of drug-likeness (QED) is 0.00604. The molecule has 0 unspecified atom stereocenters. The van der Waals surface area contributed by atoms with Crippen LogP contribution in [0.1, 0.15) is 220 Å². The van der Waals surface area contributed by atoms with Crippen molar-refractivity contribution in [1.82, 2.24) is 83.7 Å². The lowest BCUT2D eigenvalue weighted by Crippen LogP contribution is -2.58. The molecule has 6 aromatic rings. The number of hydrogen-bond acceptors (Lipinski definition) is 19. The van der Waals surface area contributed by atoms with Gasteiger partial charge in [-0.05, 0) is 174 Å². The number of aromatic nitrogens is 3. The normalized spacial score (nSPS) is 15.4. The smallest absolute Gasteiger partial charge is 0.243 e. The number of amides is 11. The van der Waals surface area contributed by atoms with Gasteiger partial charge < -0.3 is 106 Å². The number of anilines is 2. The van der Waals surface area contributed by atoms with Gasteiger partial charge in [-0.2, -0.15) is 4.58 Å². The Morgan fingerprint density at radius 1 is 0.489 bits per heavy atom. The lowest BCUT2D eigenvalue weighted by Gasteiger charge is -2.35. The average Bonchev–Trinajstić information content (AvgIpc) is 1.57. The molecule has 764 valence electrons. The largest absolute Gasteiger partial charge is 0.370 e. The number of carbonyl (C=O) groups is 12.